The van der Waals surface area contributed by atoms with Gasteiger partial charge in [-0.25, -0.2) is 0 Å². The molecule has 0 saturated carbocycles. The highest BCUT2D eigenvalue weighted by Gasteiger charge is 2.03. The Kier molecular flexibility index (Phi) is 3.51. The summed E-state index contributed by atoms with van der Waals surface area (Å²) in [6, 6.07) is 5.43. The number of Topliss-reactive ketones (excluding diaryl/α,β-unsaturated/α-hetero) is 1. The van der Waals surface area contributed by atoms with E-state index in [0.717, 1.165) is 5.56 Å². The molecule has 3 heteroatoms. The van der Waals surface area contributed by atoms with Gasteiger partial charge in [0, 0.05) is 6.42 Å². The number of ketones is 1. The molecule has 0 spiro atoms. The Labute approximate surface area is 83.9 Å². The zero-order valence-electron chi connectivity index (χ0n) is 8.54. The number of hydrogen-bond acceptors (Lipinski definition) is 3. The highest BCUT2D eigenvalue weighted by Crippen LogP contribution is 2.22. The summed E-state index contributed by atoms with van der Waals surface area (Å²) in [6.07, 6.45) is 0.431. The number of carbonyl (C=O) groups excluding carboxylic acids is 1. The third-order valence-corrected chi connectivity index (χ3v) is 1.83. The monoisotopic (exact) mass is 193 g/mol. The van der Waals surface area contributed by atoms with Gasteiger partial charge in [-0.3, -0.25) is 4.79 Å². The number of carbonyl (C=O) groups is 1. The number of anilines is 1. The average Bonchev–Trinajstić information content (AvgIpc) is 2.10. The van der Waals surface area contributed by atoms with E-state index in [2.05, 4.69) is 0 Å². The Morgan fingerprint density at radius 3 is 2.79 bits per heavy atom. The summed E-state index contributed by atoms with van der Waals surface area (Å²) in [5.41, 5.74) is 7.25. The van der Waals surface area contributed by atoms with Gasteiger partial charge in [0.2, 0.25) is 0 Å². The van der Waals surface area contributed by atoms with E-state index < -0.39 is 0 Å². The van der Waals surface area contributed by atoms with Gasteiger partial charge in [-0.2, -0.15) is 0 Å². The maximum atomic E-state index is 10.9. The van der Waals surface area contributed by atoms with E-state index in [-0.39, 0.29) is 5.78 Å². The molecule has 0 aromatic heterocycles. The average molecular weight is 193 g/mol. The summed E-state index contributed by atoms with van der Waals surface area (Å²) < 4.78 is 5.32. The van der Waals surface area contributed by atoms with Crippen LogP contribution in [0.4, 0.5) is 5.69 Å². The molecule has 0 radical (unpaired) electrons. The molecular weight excluding hydrogens is 178 g/mol. The lowest BCUT2D eigenvalue weighted by Crippen LogP contribution is -2.00. The van der Waals surface area contributed by atoms with Crippen molar-refractivity contribution in [1.29, 1.82) is 0 Å². The molecule has 0 unspecified atom stereocenters. The molecule has 0 fully saturated rings. The number of ether oxygens (including phenoxy) is 1. The third-order valence-electron chi connectivity index (χ3n) is 1.83. The van der Waals surface area contributed by atoms with E-state index in [4.69, 9.17) is 10.5 Å². The molecule has 1 rings (SSSR count). The van der Waals surface area contributed by atoms with Gasteiger partial charge in [-0.1, -0.05) is 6.07 Å². The summed E-state index contributed by atoms with van der Waals surface area (Å²) in [4.78, 5) is 10.9. The minimum Gasteiger partial charge on any atom is -0.492 e. The molecule has 1 aromatic carbocycles. The molecule has 0 saturated heterocycles. The van der Waals surface area contributed by atoms with Crippen LogP contribution in [0.5, 0.6) is 5.75 Å². The van der Waals surface area contributed by atoms with Gasteiger partial charge in [0.25, 0.3) is 0 Å². The zero-order chi connectivity index (χ0) is 10.6. The molecule has 0 atom stereocenters. The lowest BCUT2D eigenvalue weighted by molar-refractivity contribution is -0.116. The van der Waals surface area contributed by atoms with Crippen molar-refractivity contribution in [3.8, 4) is 5.75 Å². The summed E-state index contributed by atoms with van der Waals surface area (Å²) in [5, 5.41) is 0. The highest BCUT2D eigenvalue weighted by atomic mass is 16.5. The summed E-state index contributed by atoms with van der Waals surface area (Å²) in [7, 11) is 0. The fourth-order valence-corrected chi connectivity index (χ4v) is 1.26. The van der Waals surface area contributed by atoms with Crippen LogP contribution < -0.4 is 10.5 Å². The third kappa shape index (κ3) is 2.76. The number of benzene rings is 1. The van der Waals surface area contributed by atoms with Crippen LogP contribution in [0.15, 0.2) is 18.2 Å². The first-order valence-corrected chi connectivity index (χ1v) is 4.64. The van der Waals surface area contributed by atoms with Crippen LogP contribution in [0.1, 0.15) is 19.4 Å². The van der Waals surface area contributed by atoms with Crippen molar-refractivity contribution in [2.45, 2.75) is 20.3 Å². The van der Waals surface area contributed by atoms with E-state index >= 15 is 0 Å². The van der Waals surface area contributed by atoms with Gasteiger partial charge in [-0.05, 0) is 31.5 Å². The molecule has 1 aromatic rings. The zero-order valence-corrected chi connectivity index (χ0v) is 8.54. The summed E-state index contributed by atoms with van der Waals surface area (Å²) in [5.74, 6) is 0.795. The van der Waals surface area contributed by atoms with E-state index in [1.807, 2.05) is 19.1 Å². The number of nitrogens with two attached hydrogens (primary N) is 1. The second kappa shape index (κ2) is 4.65. The van der Waals surface area contributed by atoms with E-state index in [9.17, 15) is 4.79 Å². The normalized spacial score (nSPS) is 9.86. The number of hydrogen-bond donors (Lipinski definition) is 1. The van der Waals surface area contributed by atoms with Crippen LogP contribution in [0.25, 0.3) is 0 Å². The quantitative estimate of drug-likeness (QED) is 0.742. The van der Waals surface area contributed by atoms with E-state index in [0.29, 0.717) is 24.5 Å². The van der Waals surface area contributed by atoms with Gasteiger partial charge < -0.3 is 10.5 Å². The molecule has 0 amide bonds. The Morgan fingerprint density at radius 1 is 1.50 bits per heavy atom. The molecule has 2 N–H and O–H groups in total. The lowest BCUT2D eigenvalue weighted by Gasteiger charge is -2.08. The first-order chi connectivity index (χ1) is 6.63. The Bertz CT molecular complexity index is 334. The fourth-order valence-electron chi connectivity index (χ4n) is 1.26. The maximum absolute atomic E-state index is 10.9. The predicted octanol–water partition coefficient (Wildman–Crippen LogP) is 1.80. The summed E-state index contributed by atoms with van der Waals surface area (Å²) >= 11 is 0. The van der Waals surface area contributed by atoms with Crippen molar-refractivity contribution in [3.05, 3.63) is 23.8 Å². The Morgan fingerprint density at radius 2 is 2.21 bits per heavy atom. The molecule has 0 aliphatic rings. The first kappa shape index (κ1) is 10.6. The first-order valence-electron chi connectivity index (χ1n) is 4.64. The molecule has 0 heterocycles. The van der Waals surface area contributed by atoms with Crippen molar-refractivity contribution >= 4 is 11.5 Å². The highest BCUT2D eigenvalue weighted by molar-refractivity contribution is 5.78. The van der Waals surface area contributed by atoms with Gasteiger partial charge in [0.15, 0.2) is 0 Å². The van der Waals surface area contributed by atoms with Crippen molar-refractivity contribution in [3.63, 3.8) is 0 Å². The Balaban J connectivity index is 2.88. The van der Waals surface area contributed by atoms with Crippen LogP contribution >= 0.6 is 0 Å². The van der Waals surface area contributed by atoms with Gasteiger partial charge >= 0.3 is 0 Å². The molecule has 76 valence electrons. The van der Waals surface area contributed by atoms with E-state index in [1.165, 1.54) is 0 Å². The molecule has 3 nitrogen and oxygen atoms in total. The van der Waals surface area contributed by atoms with Crippen molar-refractivity contribution in [2.75, 3.05) is 12.3 Å². The fraction of sp³-hybridized carbons (Fsp3) is 0.364. The number of nitrogen functional groups attached to an aromatic ring is 1. The maximum Gasteiger partial charge on any atom is 0.142 e. The van der Waals surface area contributed by atoms with Crippen LogP contribution in [0.2, 0.25) is 0 Å². The SMILES string of the molecule is CCOc1cc(CC(C)=O)ccc1N. The van der Waals surface area contributed by atoms with Gasteiger partial charge in [0.1, 0.15) is 11.5 Å². The molecule has 0 aliphatic carbocycles. The second-order valence-corrected chi connectivity index (χ2v) is 3.18. The second-order valence-electron chi connectivity index (χ2n) is 3.18. The minimum absolute atomic E-state index is 0.136. The van der Waals surface area contributed by atoms with Crippen molar-refractivity contribution < 1.29 is 9.53 Å². The van der Waals surface area contributed by atoms with Crippen LogP contribution in [0, 0.1) is 0 Å². The molecular formula is C11H15NO2. The van der Waals surface area contributed by atoms with Gasteiger partial charge in [0.05, 0.1) is 12.3 Å². The standard InChI is InChI=1S/C11H15NO2/c1-3-14-11-7-9(6-8(2)13)4-5-10(11)12/h4-5,7H,3,6,12H2,1-2H3. The molecule has 0 aliphatic heterocycles. The van der Waals surface area contributed by atoms with Crippen LogP contribution in [-0.2, 0) is 11.2 Å². The number of rotatable bonds is 4. The lowest BCUT2D eigenvalue weighted by atomic mass is 10.1. The van der Waals surface area contributed by atoms with Gasteiger partial charge in [-0.15, -0.1) is 0 Å². The smallest absolute Gasteiger partial charge is 0.142 e. The Hall–Kier alpha value is -1.51. The topological polar surface area (TPSA) is 52.3 Å². The molecule has 0 bridgehead atoms. The van der Waals surface area contributed by atoms with Crippen LogP contribution in [0.3, 0.4) is 0 Å². The largest absolute Gasteiger partial charge is 0.492 e. The van der Waals surface area contributed by atoms with E-state index in [1.54, 1.807) is 13.0 Å². The minimum atomic E-state index is 0.136. The van der Waals surface area contributed by atoms with Crippen molar-refractivity contribution in [1.82, 2.24) is 0 Å². The predicted molar refractivity (Wildman–Crippen MR) is 56.4 cm³/mol. The van der Waals surface area contributed by atoms with Crippen molar-refractivity contribution in [2.24, 2.45) is 0 Å². The summed E-state index contributed by atoms with van der Waals surface area (Å²) in [6.45, 7) is 4.04. The van der Waals surface area contributed by atoms with Crippen LogP contribution in [-0.4, -0.2) is 12.4 Å². The molecule has 14 heavy (non-hydrogen) atoms.